The van der Waals surface area contributed by atoms with Gasteiger partial charge < -0.3 is 11.1 Å². The van der Waals surface area contributed by atoms with E-state index in [1.54, 1.807) is 6.07 Å². The van der Waals surface area contributed by atoms with Crippen LogP contribution in [0.5, 0.6) is 0 Å². The van der Waals surface area contributed by atoms with Gasteiger partial charge in [0.05, 0.1) is 11.4 Å². The molecule has 0 aliphatic rings. The number of benzene rings is 2. The molecule has 2 nitrogen and oxygen atoms in total. The van der Waals surface area contributed by atoms with Crippen LogP contribution in [0.2, 0.25) is 5.02 Å². The molecule has 2 aromatic rings. The molecule has 2 aromatic carbocycles. The zero-order chi connectivity index (χ0) is 14.0. The normalized spacial score (nSPS) is 10.3. The summed E-state index contributed by atoms with van der Waals surface area (Å²) < 4.78 is 0.973. The molecule has 0 heterocycles. The van der Waals surface area contributed by atoms with Gasteiger partial charge in [-0.1, -0.05) is 29.9 Å². The molecular weight excluding hydrogens is 344 g/mol. The van der Waals surface area contributed by atoms with Crippen molar-refractivity contribution in [1.29, 1.82) is 0 Å². The number of hydrogen-bond donors (Lipinski definition) is 2. The summed E-state index contributed by atoms with van der Waals surface area (Å²) in [4.78, 5) is 0.336. The molecule has 98 valence electrons. The molecule has 0 aliphatic carbocycles. The summed E-state index contributed by atoms with van der Waals surface area (Å²) in [7, 11) is 0. The summed E-state index contributed by atoms with van der Waals surface area (Å²) in [5.41, 5.74) is 9.40. The molecule has 5 heteroatoms. The molecule has 0 bridgehead atoms. The summed E-state index contributed by atoms with van der Waals surface area (Å²) >= 11 is 14.6. The summed E-state index contributed by atoms with van der Waals surface area (Å²) in [6.07, 6.45) is 0. The number of anilines is 2. The van der Waals surface area contributed by atoms with Gasteiger partial charge in [0.1, 0.15) is 4.99 Å². The molecule has 0 saturated heterocycles. The fourth-order valence-corrected chi connectivity index (χ4v) is 2.64. The first-order chi connectivity index (χ1) is 8.97. The smallest absolute Gasteiger partial charge is 0.106 e. The van der Waals surface area contributed by atoms with E-state index in [0.29, 0.717) is 10.0 Å². The number of halogens is 2. The molecule has 19 heavy (non-hydrogen) atoms. The van der Waals surface area contributed by atoms with Crippen molar-refractivity contribution >= 4 is 56.1 Å². The topological polar surface area (TPSA) is 38.0 Å². The van der Waals surface area contributed by atoms with Crippen LogP contribution in [0.25, 0.3) is 0 Å². The largest absolute Gasteiger partial charge is 0.389 e. The van der Waals surface area contributed by atoms with E-state index in [9.17, 15) is 0 Å². The second kappa shape index (κ2) is 5.90. The van der Waals surface area contributed by atoms with E-state index in [-0.39, 0.29) is 0 Å². The zero-order valence-corrected chi connectivity index (χ0v) is 13.4. The third-order valence-electron chi connectivity index (χ3n) is 2.64. The number of nitrogens with one attached hydrogen (secondary N) is 1. The second-order valence-electron chi connectivity index (χ2n) is 4.16. The lowest BCUT2D eigenvalue weighted by atomic mass is 10.1. The van der Waals surface area contributed by atoms with Gasteiger partial charge in [-0.25, -0.2) is 0 Å². The lowest BCUT2D eigenvalue weighted by Crippen LogP contribution is -2.12. The quantitative estimate of drug-likeness (QED) is 0.778. The van der Waals surface area contributed by atoms with Gasteiger partial charge in [-0.2, -0.15) is 0 Å². The number of aryl methyl sites for hydroxylation is 1. The van der Waals surface area contributed by atoms with Crippen molar-refractivity contribution in [1.82, 2.24) is 0 Å². The monoisotopic (exact) mass is 354 g/mol. The maximum absolute atomic E-state index is 6.02. The molecule has 0 unspecified atom stereocenters. The van der Waals surface area contributed by atoms with Crippen LogP contribution in [-0.4, -0.2) is 4.99 Å². The van der Waals surface area contributed by atoms with Crippen LogP contribution in [0.4, 0.5) is 11.4 Å². The molecule has 0 radical (unpaired) electrons. The summed E-state index contributed by atoms with van der Waals surface area (Å²) in [5.74, 6) is 0. The average molecular weight is 356 g/mol. The Morgan fingerprint density at radius 3 is 2.58 bits per heavy atom. The van der Waals surface area contributed by atoms with Crippen LogP contribution in [0.3, 0.4) is 0 Å². The maximum Gasteiger partial charge on any atom is 0.106 e. The van der Waals surface area contributed by atoms with E-state index in [2.05, 4.69) is 21.2 Å². The van der Waals surface area contributed by atoms with Crippen LogP contribution in [0, 0.1) is 6.92 Å². The molecule has 0 saturated carbocycles. The Balaban J connectivity index is 2.42. The lowest BCUT2D eigenvalue weighted by molar-refractivity contribution is 1.43. The van der Waals surface area contributed by atoms with E-state index in [0.717, 1.165) is 21.4 Å². The standard InChI is InChI=1S/C14H12BrClN2S/c1-8-2-5-12(11(15)6-8)18-13-7-9(16)3-4-10(13)14(17)19/h2-7,18H,1H3,(H2,17,19). The predicted molar refractivity (Wildman–Crippen MR) is 89.5 cm³/mol. The van der Waals surface area contributed by atoms with Gasteiger partial charge >= 0.3 is 0 Å². The minimum Gasteiger partial charge on any atom is -0.389 e. The van der Waals surface area contributed by atoms with Gasteiger partial charge in [0.2, 0.25) is 0 Å². The van der Waals surface area contributed by atoms with Gasteiger partial charge in [-0.05, 0) is 58.7 Å². The highest BCUT2D eigenvalue weighted by atomic mass is 79.9. The van der Waals surface area contributed by atoms with Crippen LogP contribution in [0.1, 0.15) is 11.1 Å². The van der Waals surface area contributed by atoms with Crippen LogP contribution in [0.15, 0.2) is 40.9 Å². The third-order valence-corrected chi connectivity index (χ3v) is 3.75. The van der Waals surface area contributed by atoms with Crippen LogP contribution < -0.4 is 11.1 Å². The van der Waals surface area contributed by atoms with E-state index >= 15 is 0 Å². The Morgan fingerprint density at radius 2 is 1.95 bits per heavy atom. The van der Waals surface area contributed by atoms with Crippen LogP contribution in [-0.2, 0) is 0 Å². The van der Waals surface area contributed by atoms with E-state index < -0.39 is 0 Å². The Kier molecular flexibility index (Phi) is 4.45. The van der Waals surface area contributed by atoms with Crippen molar-refractivity contribution in [2.75, 3.05) is 5.32 Å². The Labute approximate surface area is 131 Å². The van der Waals surface area contributed by atoms with Gasteiger partial charge in [-0.3, -0.25) is 0 Å². The fraction of sp³-hybridized carbons (Fsp3) is 0.0714. The molecule has 0 spiro atoms. The van der Waals surface area contributed by atoms with Crippen molar-refractivity contribution in [3.8, 4) is 0 Å². The molecule has 3 N–H and O–H groups in total. The first-order valence-corrected chi connectivity index (χ1v) is 7.18. The Bertz CT molecular complexity index is 643. The molecule has 0 atom stereocenters. The first kappa shape index (κ1) is 14.3. The van der Waals surface area contributed by atoms with Gasteiger partial charge in [0, 0.05) is 15.1 Å². The lowest BCUT2D eigenvalue weighted by Gasteiger charge is -2.13. The number of nitrogens with two attached hydrogens (primary N) is 1. The van der Waals surface area contributed by atoms with E-state index in [1.807, 2.05) is 37.3 Å². The van der Waals surface area contributed by atoms with Crippen molar-refractivity contribution in [2.24, 2.45) is 5.73 Å². The molecule has 2 rings (SSSR count). The molecule has 0 amide bonds. The van der Waals surface area contributed by atoms with Crippen molar-refractivity contribution in [2.45, 2.75) is 6.92 Å². The van der Waals surface area contributed by atoms with Gasteiger partial charge in [-0.15, -0.1) is 0 Å². The molecule has 0 aromatic heterocycles. The first-order valence-electron chi connectivity index (χ1n) is 5.60. The Morgan fingerprint density at radius 1 is 1.21 bits per heavy atom. The Hall–Kier alpha value is -1.10. The van der Waals surface area contributed by atoms with Crippen molar-refractivity contribution in [3.63, 3.8) is 0 Å². The highest BCUT2D eigenvalue weighted by Crippen LogP contribution is 2.30. The summed E-state index contributed by atoms with van der Waals surface area (Å²) in [6, 6.07) is 11.4. The molecular formula is C14H12BrClN2S. The summed E-state index contributed by atoms with van der Waals surface area (Å²) in [6.45, 7) is 2.04. The zero-order valence-electron chi connectivity index (χ0n) is 10.2. The average Bonchev–Trinajstić information content (AvgIpc) is 2.32. The minimum absolute atomic E-state index is 0.336. The van der Waals surface area contributed by atoms with Crippen molar-refractivity contribution < 1.29 is 0 Å². The minimum atomic E-state index is 0.336. The second-order valence-corrected chi connectivity index (χ2v) is 5.89. The number of hydrogen-bond acceptors (Lipinski definition) is 2. The van der Waals surface area contributed by atoms with Gasteiger partial charge in [0.15, 0.2) is 0 Å². The third kappa shape index (κ3) is 3.47. The SMILES string of the molecule is Cc1ccc(Nc2cc(Cl)ccc2C(N)=S)c(Br)c1. The molecule has 0 fully saturated rings. The van der Waals surface area contributed by atoms with Gasteiger partial charge in [0.25, 0.3) is 0 Å². The predicted octanol–water partition coefficient (Wildman–Crippen LogP) is 4.79. The number of rotatable bonds is 3. The highest BCUT2D eigenvalue weighted by Gasteiger charge is 2.08. The van der Waals surface area contributed by atoms with Crippen molar-refractivity contribution in [3.05, 3.63) is 57.0 Å². The molecule has 0 aliphatic heterocycles. The van der Waals surface area contributed by atoms with Crippen LogP contribution >= 0.6 is 39.7 Å². The van der Waals surface area contributed by atoms with E-state index in [1.165, 1.54) is 5.56 Å². The fourth-order valence-electron chi connectivity index (χ4n) is 1.70. The maximum atomic E-state index is 6.02. The van der Waals surface area contributed by atoms with E-state index in [4.69, 9.17) is 29.6 Å². The summed E-state index contributed by atoms with van der Waals surface area (Å²) in [5, 5.41) is 3.92. The highest BCUT2D eigenvalue weighted by molar-refractivity contribution is 9.10. The number of thiocarbonyl (C=S) groups is 1.